The van der Waals surface area contributed by atoms with Gasteiger partial charge >= 0.3 is 0 Å². The van der Waals surface area contributed by atoms with Crippen molar-refractivity contribution >= 4 is 27.3 Å². The molecule has 0 saturated heterocycles. The number of aliphatic hydroxyl groups is 1. The molecule has 0 aromatic heterocycles. The van der Waals surface area contributed by atoms with Gasteiger partial charge in [0.15, 0.2) is 0 Å². The summed E-state index contributed by atoms with van der Waals surface area (Å²) in [6, 6.07) is 13.8. The summed E-state index contributed by atoms with van der Waals surface area (Å²) in [5.41, 5.74) is 2.87. The maximum atomic E-state index is 14.0. The highest BCUT2D eigenvalue weighted by Crippen LogP contribution is 2.22. The summed E-state index contributed by atoms with van der Waals surface area (Å²) < 4.78 is 59.0. The van der Waals surface area contributed by atoms with Crippen molar-refractivity contribution in [1.82, 2.24) is 10.6 Å². The average Bonchev–Trinajstić information content (AvgIpc) is 2.98. The number of methoxy groups -OCH3 is 1. The lowest BCUT2D eigenvalue weighted by atomic mass is 9.99. The number of carbonyl (C=O) groups is 1. The van der Waals surface area contributed by atoms with Crippen molar-refractivity contribution in [2.75, 3.05) is 37.9 Å². The fraction of sp³-hybridized carbons (Fsp3) is 0.333. The Morgan fingerprint density at radius 3 is 2.35 bits per heavy atom. The lowest BCUT2D eigenvalue weighted by Gasteiger charge is -2.26. The van der Waals surface area contributed by atoms with Crippen LogP contribution in [0.4, 0.5) is 14.5 Å². The van der Waals surface area contributed by atoms with Crippen LogP contribution in [-0.2, 0) is 27.8 Å². The van der Waals surface area contributed by atoms with Gasteiger partial charge in [-0.3, -0.25) is 9.10 Å². The van der Waals surface area contributed by atoms with Gasteiger partial charge in [-0.25, -0.2) is 17.2 Å². The van der Waals surface area contributed by atoms with E-state index in [2.05, 4.69) is 22.4 Å². The van der Waals surface area contributed by atoms with Gasteiger partial charge in [-0.05, 0) is 79.4 Å². The van der Waals surface area contributed by atoms with Crippen LogP contribution in [0.5, 0.6) is 5.75 Å². The molecule has 10 nitrogen and oxygen atoms in total. The summed E-state index contributed by atoms with van der Waals surface area (Å²) in [5.74, 6) is -1.58. The maximum absolute atomic E-state index is 14.0. The summed E-state index contributed by atoms with van der Waals surface area (Å²) in [4.78, 5) is 19.0. The molecule has 2 atom stereocenters. The first-order valence-electron chi connectivity index (χ1n) is 14.3. The van der Waals surface area contributed by atoms with Crippen molar-refractivity contribution in [3.8, 4) is 5.75 Å². The molecule has 0 spiro atoms. The number of halogens is 2. The molecule has 0 aliphatic heterocycles. The molecular formula is C33H40F2N4O6S. The van der Waals surface area contributed by atoms with E-state index in [0.29, 0.717) is 23.6 Å². The van der Waals surface area contributed by atoms with Gasteiger partial charge in [0.1, 0.15) is 24.0 Å². The topological polar surface area (TPSA) is 130 Å². The zero-order valence-electron chi connectivity index (χ0n) is 26.5. The number of nitrogens with zero attached hydrogens (tertiary/aromatic N) is 2. The number of hydrogen-bond donors (Lipinski definition) is 3. The van der Waals surface area contributed by atoms with Crippen molar-refractivity contribution in [3.05, 3.63) is 107 Å². The highest BCUT2D eigenvalue weighted by Gasteiger charge is 2.25. The third kappa shape index (κ3) is 10.9. The minimum atomic E-state index is -3.70. The quantitative estimate of drug-likeness (QED) is 0.120. The van der Waals surface area contributed by atoms with Gasteiger partial charge in [0, 0.05) is 37.3 Å². The van der Waals surface area contributed by atoms with Gasteiger partial charge < -0.3 is 25.3 Å². The molecule has 1 amide bonds. The number of aliphatic hydroxyl groups excluding tert-OH is 1. The molecule has 0 aliphatic rings. The SMILES string of the molecule is C=C(C)CON=C(C)c1cc(C(=O)N[C@@H](Cc2cc(F)cc(F)c2)[C@H](O)CNCc2cccc(OC)c2)cc(N(C)S(C)(=O)=O)c1. The number of ether oxygens (including phenoxy) is 1. The van der Waals surface area contributed by atoms with Gasteiger partial charge in [-0.2, -0.15) is 0 Å². The summed E-state index contributed by atoms with van der Waals surface area (Å²) in [6.45, 7) is 7.73. The number of carbonyl (C=O) groups excluding carboxylic acids is 1. The predicted molar refractivity (Wildman–Crippen MR) is 175 cm³/mol. The van der Waals surface area contributed by atoms with Crippen molar-refractivity contribution < 1.29 is 36.7 Å². The second-order valence-corrected chi connectivity index (χ2v) is 13.0. The Bertz CT molecular complexity index is 1660. The molecule has 13 heteroatoms. The molecule has 0 bridgehead atoms. The molecule has 46 heavy (non-hydrogen) atoms. The highest BCUT2D eigenvalue weighted by atomic mass is 32.2. The van der Waals surface area contributed by atoms with Crippen LogP contribution in [0.25, 0.3) is 0 Å². The van der Waals surface area contributed by atoms with E-state index < -0.39 is 39.7 Å². The smallest absolute Gasteiger partial charge is 0.251 e. The van der Waals surface area contributed by atoms with E-state index in [1.807, 2.05) is 18.2 Å². The third-order valence-electron chi connectivity index (χ3n) is 6.95. The zero-order chi connectivity index (χ0) is 34.0. The zero-order valence-corrected chi connectivity index (χ0v) is 27.3. The number of oxime groups is 1. The first-order chi connectivity index (χ1) is 21.7. The Hall–Kier alpha value is -4.33. The first-order valence-corrected chi connectivity index (χ1v) is 16.2. The summed E-state index contributed by atoms with van der Waals surface area (Å²) >= 11 is 0. The molecule has 3 N–H and O–H groups in total. The van der Waals surface area contributed by atoms with Crippen LogP contribution in [0.1, 0.15) is 40.9 Å². The van der Waals surface area contributed by atoms with Gasteiger partial charge in [-0.15, -0.1) is 0 Å². The highest BCUT2D eigenvalue weighted by molar-refractivity contribution is 7.92. The normalized spacial score (nSPS) is 13.1. The first kappa shape index (κ1) is 36.1. The monoisotopic (exact) mass is 658 g/mol. The van der Waals surface area contributed by atoms with E-state index in [1.54, 1.807) is 33.1 Å². The lowest BCUT2D eigenvalue weighted by Crippen LogP contribution is -2.48. The van der Waals surface area contributed by atoms with Crippen molar-refractivity contribution in [2.45, 2.75) is 39.0 Å². The molecule has 0 aliphatic carbocycles. The molecule has 3 aromatic carbocycles. The van der Waals surface area contributed by atoms with Crippen LogP contribution >= 0.6 is 0 Å². The van der Waals surface area contributed by atoms with E-state index in [0.717, 1.165) is 39.9 Å². The van der Waals surface area contributed by atoms with Crippen LogP contribution in [0.15, 0.2) is 78.0 Å². The molecule has 0 saturated carbocycles. The predicted octanol–water partition coefficient (Wildman–Crippen LogP) is 4.18. The Balaban J connectivity index is 1.92. The number of benzene rings is 3. The summed E-state index contributed by atoms with van der Waals surface area (Å²) in [5, 5.41) is 21.2. The molecule has 0 fully saturated rings. The summed E-state index contributed by atoms with van der Waals surface area (Å²) in [7, 11) is -0.796. The number of rotatable bonds is 16. The molecular weight excluding hydrogens is 618 g/mol. The second kappa shape index (κ2) is 16.3. The summed E-state index contributed by atoms with van der Waals surface area (Å²) in [6.07, 6.45) is -0.270. The number of hydrogen-bond acceptors (Lipinski definition) is 8. The number of anilines is 1. The number of sulfonamides is 1. The minimum absolute atomic E-state index is 0.0217. The Morgan fingerprint density at radius 2 is 1.72 bits per heavy atom. The molecule has 3 aromatic rings. The van der Waals surface area contributed by atoms with E-state index >= 15 is 0 Å². The van der Waals surface area contributed by atoms with Crippen LogP contribution in [0, 0.1) is 11.6 Å². The van der Waals surface area contributed by atoms with E-state index in [1.165, 1.54) is 19.2 Å². The largest absolute Gasteiger partial charge is 0.497 e. The number of amides is 1. The van der Waals surface area contributed by atoms with E-state index in [-0.39, 0.29) is 36.4 Å². The number of nitrogens with one attached hydrogen (secondary N) is 2. The van der Waals surface area contributed by atoms with Crippen LogP contribution in [0.3, 0.4) is 0 Å². The maximum Gasteiger partial charge on any atom is 0.251 e. The van der Waals surface area contributed by atoms with Gasteiger partial charge in [0.05, 0.1) is 36.9 Å². The van der Waals surface area contributed by atoms with Crippen molar-refractivity contribution in [1.29, 1.82) is 0 Å². The van der Waals surface area contributed by atoms with Crippen molar-refractivity contribution in [3.63, 3.8) is 0 Å². The Morgan fingerprint density at radius 1 is 1.04 bits per heavy atom. The van der Waals surface area contributed by atoms with Crippen LogP contribution in [0.2, 0.25) is 0 Å². The van der Waals surface area contributed by atoms with Crippen LogP contribution in [-0.4, -0.2) is 70.9 Å². The average molecular weight is 659 g/mol. The van der Waals surface area contributed by atoms with Gasteiger partial charge in [0.25, 0.3) is 5.91 Å². The van der Waals surface area contributed by atoms with E-state index in [9.17, 15) is 27.1 Å². The lowest BCUT2D eigenvalue weighted by molar-refractivity contribution is 0.0830. The fourth-order valence-electron chi connectivity index (χ4n) is 4.42. The minimum Gasteiger partial charge on any atom is -0.497 e. The van der Waals surface area contributed by atoms with Crippen LogP contribution < -0.4 is 19.7 Å². The third-order valence-corrected chi connectivity index (χ3v) is 8.15. The molecule has 0 heterocycles. The fourth-order valence-corrected chi connectivity index (χ4v) is 4.91. The Kier molecular flexibility index (Phi) is 12.8. The Labute approximate surface area is 268 Å². The second-order valence-electron chi connectivity index (χ2n) is 11.0. The molecule has 3 rings (SSSR count). The molecule has 248 valence electrons. The van der Waals surface area contributed by atoms with Gasteiger partial charge in [-0.1, -0.05) is 23.9 Å². The molecule has 0 radical (unpaired) electrons. The van der Waals surface area contributed by atoms with Crippen molar-refractivity contribution in [2.24, 2.45) is 5.16 Å². The van der Waals surface area contributed by atoms with E-state index in [4.69, 9.17) is 9.57 Å². The standard InChI is InChI=1S/C33H40F2N4O6S/c1-21(2)20-45-38-22(3)25-14-26(16-29(15-25)39(4)46(6,42)43)33(41)37-31(13-24-10-27(34)17-28(35)11-24)32(40)19-36-18-23-8-7-9-30(12-23)44-5/h7-12,14-17,31-32,36,40H,1,13,18-20H2,2-6H3,(H,37,41)/t31-,32+/m0/s1. The van der Waals surface area contributed by atoms with Gasteiger partial charge in [0.2, 0.25) is 10.0 Å². The molecule has 0 unspecified atom stereocenters.